The first-order chi connectivity index (χ1) is 14.4. The molecule has 0 fully saturated rings. The number of benzene rings is 3. The molecule has 2 amide bonds. The first-order valence-electron chi connectivity index (χ1n) is 8.94. The van der Waals surface area contributed by atoms with Gasteiger partial charge in [-0.1, -0.05) is 44.0 Å². The van der Waals surface area contributed by atoms with E-state index in [1.54, 1.807) is 6.21 Å². The van der Waals surface area contributed by atoms with Gasteiger partial charge in [-0.05, 0) is 94.7 Å². The van der Waals surface area contributed by atoms with Crippen molar-refractivity contribution < 1.29 is 9.53 Å². The minimum absolute atomic E-state index is 0.405. The van der Waals surface area contributed by atoms with E-state index < -0.39 is 6.03 Å². The monoisotopic (exact) mass is 641 g/mol. The lowest BCUT2D eigenvalue weighted by Gasteiger charge is -2.09. The molecule has 3 aromatic carbocycles. The molecular formula is C22H18Br2IN3O2. The van der Waals surface area contributed by atoms with Crippen LogP contribution in [0.3, 0.4) is 0 Å². The van der Waals surface area contributed by atoms with Crippen molar-refractivity contribution in [3.63, 3.8) is 0 Å². The van der Waals surface area contributed by atoms with E-state index >= 15 is 0 Å². The first-order valence-corrected chi connectivity index (χ1v) is 11.6. The maximum Gasteiger partial charge on any atom is 0.339 e. The molecule has 0 atom stereocenters. The van der Waals surface area contributed by atoms with Crippen LogP contribution >= 0.6 is 54.5 Å². The Balaban J connectivity index is 1.52. The number of amides is 2. The van der Waals surface area contributed by atoms with Crippen LogP contribution in [-0.2, 0) is 6.61 Å². The molecule has 0 aliphatic carbocycles. The topological polar surface area (TPSA) is 62.7 Å². The van der Waals surface area contributed by atoms with E-state index in [1.807, 2.05) is 67.6 Å². The quantitative estimate of drug-likeness (QED) is 0.175. The molecule has 2 N–H and O–H groups in total. The van der Waals surface area contributed by atoms with Gasteiger partial charge in [0.05, 0.1) is 9.78 Å². The third-order valence-corrected chi connectivity index (χ3v) is 6.32. The number of halogens is 3. The molecule has 154 valence electrons. The van der Waals surface area contributed by atoms with Crippen molar-refractivity contribution in [1.29, 1.82) is 0 Å². The Kier molecular flexibility index (Phi) is 8.29. The minimum atomic E-state index is -0.405. The molecule has 3 rings (SSSR count). The molecule has 0 bridgehead atoms. The number of hydrogen-bond donors (Lipinski definition) is 2. The standard InChI is InChI=1S/C22H18Br2IN3O2/c1-14-10-18(7-8-19(14)24)27-22(29)28-26-12-16-4-9-21(20(25)11-16)30-13-15-2-5-17(23)6-3-15/h2-12H,13H2,1H3,(H2,27,28,29)/b26-12+. The zero-order valence-corrected chi connectivity index (χ0v) is 21.3. The summed E-state index contributed by atoms with van der Waals surface area (Å²) >= 11 is 9.08. The normalized spacial score (nSPS) is 10.8. The van der Waals surface area contributed by atoms with Gasteiger partial charge in [0.15, 0.2) is 0 Å². The number of anilines is 1. The van der Waals surface area contributed by atoms with Crippen LogP contribution in [0.4, 0.5) is 10.5 Å². The van der Waals surface area contributed by atoms with E-state index in [1.165, 1.54) is 0 Å². The lowest BCUT2D eigenvalue weighted by atomic mass is 10.2. The molecule has 0 unspecified atom stereocenters. The van der Waals surface area contributed by atoms with E-state index in [-0.39, 0.29) is 0 Å². The predicted molar refractivity (Wildman–Crippen MR) is 136 cm³/mol. The zero-order chi connectivity index (χ0) is 21.5. The predicted octanol–water partition coefficient (Wildman–Crippen LogP) is 6.86. The Morgan fingerprint density at radius 2 is 1.87 bits per heavy atom. The molecule has 0 saturated heterocycles. The van der Waals surface area contributed by atoms with Crippen molar-refractivity contribution >= 4 is 72.4 Å². The van der Waals surface area contributed by atoms with Crippen LogP contribution in [0, 0.1) is 10.5 Å². The first kappa shape index (κ1) is 22.8. The molecule has 0 aliphatic heterocycles. The molecule has 0 saturated carbocycles. The highest BCUT2D eigenvalue weighted by Crippen LogP contribution is 2.23. The Hall–Kier alpha value is -1.91. The Morgan fingerprint density at radius 3 is 2.57 bits per heavy atom. The highest BCUT2D eigenvalue weighted by molar-refractivity contribution is 14.1. The van der Waals surface area contributed by atoms with Crippen LogP contribution in [0.15, 0.2) is 74.7 Å². The fourth-order valence-electron chi connectivity index (χ4n) is 2.50. The Labute approximate surface area is 205 Å². The summed E-state index contributed by atoms with van der Waals surface area (Å²) in [5, 5.41) is 6.75. The zero-order valence-electron chi connectivity index (χ0n) is 16.0. The van der Waals surface area contributed by atoms with Crippen LogP contribution < -0.4 is 15.5 Å². The molecule has 30 heavy (non-hydrogen) atoms. The van der Waals surface area contributed by atoms with Gasteiger partial charge in [0.1, 0.15) is 12.4 Å². The Morgan fingerprint density at radius 1 is 1.10 bits per heavy atom. The van der Waals surface area contributed by atoms with E-state index in [9.17, 15) is 4.79 Å². The Bertz CT molecular complexity index is 1070. The molecule has 0 heterocycles. The smallest absolute Gasteiger partial charge is 0.339 e. The summed E-state index contributed by atoms with van der Waals surface area (Å²) in [7, 11) is 0. The van der Waals surface area contributed by atoms with Gasteiger partial charge in [-0.2, -0.15) is 5.10 Å². The van der Waals surface area contributed by atoms with Gasteiger partial charge in [0, 0.05) is 14.6 Å². The number of hydrogen-bond acceptors (Lipinski definition) is 3. The molecule has 0 radical (unpaired) electrons. The molecular weight excluding hydrogens is 625 g/mol. The molecule has 5 nitrogen and oxygen atoms in total. The number of rotatable bonds is 6. The fraction of sp³-hybridized carbons (Fsp3) is 0.0909. The third kappa shape index (κ3) is 6.82. The number of nitrogens with zero attached hydrogens (tertiary/aromatic N) is 1. The molecule has 3 aromatic rings. The number of carbonyl (C=O) groups is 1. The summed E-state index contributed by atoms with van der Waals surface area (Å²) < 4.78 is 8.89. The van der Waals surface area contributed by atoms with Crippen LogP contribution in [0.2, 0.25) is 0 Å². The summed E-state index contributed by atoms with van der Waals surface area (Å²) in [5.74, 6) is 0.798. The average molecular weight is 643 g/mol. The second-order valence-electron chi connectivity index (χ2n) is 6.39. The third-order valence-electron chi connectivity index (χ3n) is 4.06. The van der Waals surface area contributed by atoms with Crippen molar-refractivity contribution in [2.24, 2.45) is 5.10 Å². The van der Waals surface area contributed by atoms with Crippen molar-refractivity contribution in [1.82, 2.24) is 5.43 Å². The fourth-order valence-corrected chi connectivity index (χ4v) is 3.71. The number of carbonyl (C=O) groups excluding carboxylic acids is 1. The number of aryl methyl sites for hydroxylation is 1. The SMILES string of the molecule is Cc1cc(NC(=O)N/N=C/c2ccc(OCc3ccc(Br)cc3)c(I)c2)ccc1Br. The van der Waals surface area contributed by atoms with Gasteiger partial charge < -0.3 is 10.1 Å². The van der Waals surface area contributed by atoms with E-state index in [4.69, 9.17) is 4.74 Å². The van der Waals surface area contributed by atoms with E-state index in [0.29, 0.717) is 12.3 Å². The number of urea groups is 1. The minimum Gasteiger partial charge on any atom is -0.488 e. The summed E-state index contributed by atoms with van der Waals surface area (Å²) in [6.07, 6.45) is 1.59. The maximum atomic E-state index is 12.0. The molecule has 0 aromatic heterocycles. The van der Waals surface area contributed by atoms with Gasteiger partial charge >= 0.3 is 6.03 Å². The van der Waals surface area contributed by atoms with Gasteiger partial charge in [0.25, 0.3) is 0 Å². The summed E-state index contributed by atoms with van der Waals surface area (Å²) in [6, 6.07) is 18.9. The van der Waals surface area contributed by atoms with Crippen LogP contribution in [0.5, 0.6) is 5.75 Å². The second-order valence-corrected chi connectivity index (χ2v) is 9.33. The van der Waals surface area contributed by atoms with E-state index in [2.05, 4.69) is 70.3 Å². The van der Waals surface area contributed by atoms with Crippen LogP contribution in [0.25, 0.3) is 0 Å². The summed E-state index contributed by atoms with van der Waals surface area (Å²) in [6.45, 7) is 2.45. The van der Waals surface area contributed by atoms with Crippen molar-refractivity contribution in [2.75, 3.05) is 5.32 Å². The highest BCUT2D eigenvalue weighted by atomic mass is 127. The maximum absolute atomic E-state index is 12.0. The summed E-state index contributed by atoms with van der Waals surface area (Å²) in [5.41, 5.74) is 6.15. The van der Waals surface area contributed by atoms with Gasteiger partial charge in [0.2, 0.25) is 0 Å². The van der Waals surface area contributed by atoms with Gasteiger partial charge in [-0.3, -0.25) is 0 Å². The van der Waals surface area contributed by atoms with Crippen LogP contribution in [0.1, 0.15) is 16.7 Å². The van der Waals surface area contributed by atoms with Crippen LogP contribution in [-0.4, -0.2) is 12.2 Å². The van der Waals surface area contributed by atoms with Crippen molar-refractivity contribution in [3.05, 3.63) is 89.9 Å². The second kappa shape index (κ2) is 10.9. The largest absolute Gasteiger partial charge is 0.488 e. The van der Waals surface area contributed by atoms with Gasteiger partial charge in [-0.25, -0.2) is 10.2 Å². The lowest BCUT2D eigenvalue weighted by Crippen LogP contribution is -2.24. The molecule has 0 spiro atoms. The van der Waals surface area contributed by atoms with Crippen molar-refractivity contribution in [2.45, 2.75) is 13.5 Å². The number of ether oxygens (including phenoxy) is 1. The highest BCUT2D eigenvalue weighted by Gasteiger charge is 2.04. The van der Waals surface area contributed by atoms with E-state index in [0.717, 1.165) is 35.0 Å². The summed E-state index contributed by atoms with van der Waals surface area (Å²) in [4.78, 5) is 12.0. The number of nitrogens with one attached hydrogen (secondary N) is 2. The number of hydrazone groups is 1. The average Bonchev–Trinajstić information content (AvgIpc) is 2.71. The molecule has 0 aliphatic rings. The van der Waals surface area contributed by atoms with Gasteiger partial charge in [-0.15, -0.1) is 0 Å². The lowest BCUT2D eigenvalue weighted by molar-refractivity contribution is 0.252. The van der Waals surface area contributed by atoms with Crippen molar-refractivity contribution in [3.8, 4) is 5.75 Å². The molecule has 8 heteroatoms.